The second kappa shape index (κ2) is 7.65. The quantitative estimate of drug-likeness (QED) is 0.852. The van der Waals surface area contributed by atoms with Crippen molar-refractivity contribution in [1.29, 1.82) is 0 Å². The highest BCUT2D eigenvalue weighted by molar-refractivity contribution is 5.56. The van der Waals surface area contributed by atoms with Gasteiger partial charge in [0.15, 0.2) is 0 Å². The number of piperidine rings is 1. The van der Waals surface area contributed by atoms with Gasteiger partial charge < -0.3 is 10.2 Å². The second-order valence-electron chi connectivity index (χ2n) is 6.62. The van der Waals surface area contributed by atoms with E-state index in [0.717, 1.165) is 30.2 Å². The van der Waals surface area contributed by atoms with E-state index in [1.165, 1.54) is 31.2 Å². The van der Waals surface area contributed by atoms with Crippen molar-refractivity contribution in [3.63, 3.8) is 0 Å². The largest absolute Gasteiger partial charge is 0.353 e. The van der Waals surface area contributed by atoms with Crippen molar-refractivity contribution in [2.24, 2.45) is 0 Å². The monoisotopic (exact) mass is 324 g/mol. The van der Waals surface area contributed by atoms with Crippen LogP contribution in [0.2, 0.25) is 0 Å². The lowest BCUT2D eigenvalue weighted by molar-refractivity contribution is 0.446. The second-order valence-corrected chi connectivity index (χ2v) is 6.62. The van der Waals surface area contributed by atoms with E-state index < -0.39 is 0 Å². The number of anilines is 3. The van der Waals surface area contributed by atoms with Crippen molar-refractivity contribution in [2.75, 3.05) is 16.8 Å². The average Bonchev–Trinajstić information content (AvgIpc) is 2.62. The number of benzene rings is 1. The molecular formula is C20H28N4. The van der Waals surface area contributed by atoms with E-state index in [-0.39, 0.29) is 0 Å². The molecule has 1 unspecified atom stereocenters. The van der Waals surface area contributed by atoms with Crippen molar-refractivity contribution in [3.05, 3.63) is 41.6 Å². The molecular weight excluding hydrogens is 296 g/mol. The topological polar surface area (TPSA) is 41.1 Å². The SMILES string of the molecule is CCc1ccc(Nc2nc(C)cc(N3CCCCC3CC)n2)cc1. The van der Waals surface area contributed by atoms with Gasteiger partial charge in [-0.2, -0.15) is 4.98 Å². The summed E-state index contributed by atoms with van der Waals surface area (Å²) in [5.74, 6) is 1.75. The van der Waals surface area contributed by atoms with Crippen LogP contribution >= 0.6 is 0 Å². The maximum Gasteiger partial charge on any atom is 0.229 e. The number of hydrogen-bond donors (Lipinski definition) is 1. The average molecular weight is 324 g/mol. The van der Waals surface area contributed by atoms with Gasteiger partial charge in [0.25, 0.3) is 0 Å². The molecule has 1 aliphatic heterocycles. The van der Waals surface area contributed by atoms with Gasteiger partial charge in [-0.3, -0.25) is 0 Å². The van der Waals surface area contributed by atoms with Crippen LogP contribution in [0.5, 0.6) is 0 Å². The maximum absolute atomic E-state index is 4.80. The van der Waals surface area contributed by atoms with Crippen molar-refractivity contribution in [1.82, 2.24) is 9.97 Å². The van der Waals surface area contributed by atoms with Gasteiger partial charge in [-0.05, 0) is 56.7 Å². The predicted molar refractivity (Wildman–Crippen MR) is 101 cm³/mol. The highest BCUT2D eigenvalue weighted by atomic mass is 15.2. The first-order chi connectivity index (χ1) is 11.7. The Morgan fingerprint density at radius 3 is 2.62 bits per heavy atom. The molecule has 0 amide bonds. The number of rotatable bonds is 5. The van der Waals surface area contributed by atoms with Gasteiger partial charge in [-0.15, -0.1) is 0 Å². The molecule has 2 heterocycles. The maximum atomic E-state index is 4.80. The summed E-state index contributed by atoms with van der Waals surface area (Å²) in [5.41, 5.74) is 3.38. The summed E-state index contributed by atoms with van der Waals surface area (Å²) in [6.07, 6.45) is 6.07. The number of aromatic nitrogens is 2. The van der Waals surface area contributed by atoms with Gasteiger partial charge in [-0.25, -0.2) is 4.98 Å². The van der Waals surface area contributed by atoms with Gasteiger partial charge in [-0.1, -0.05) is 26.0 Å². The summed E-state index contributed by atoms with van der Waals surface area (Å²) in [5, 5.41) is 3.36. The molecule has 1 aromatic carbocycles. The summed E-state index contributed by atoms with van der Waals surface area (Å²) in [4.78, 5) is 11.8. The Morgan fingerprint density at radius 1 is 1.12 bits per heavy atom. The molecule has 1 aromatic heterocycles. The minimum Gasteiger partial charge on any atom is -0.353 e. The fourth-order valence-electron chi connectivity index (χ4n) is 3.43. The Balaban J connectivity index is 1.82. The smallest absolute Gasteiger partial charge is 0.229 e. The van der Waals surface area contributed by atoms with Crippen molar-refractivity contribution >= 4 is 17.5 Å². The van der Waals surface area contributed by atoms with Crippen molar-refractivity contribution < 1.29 is 0 Å². The Kier molecular flexibility index (Phi) is 5.34. The zero-order valence-electron chi connectivity index (χ0n) is 15.0. The van der Waals surface area contributed by atoms with Crippen LogP contribution in [-0.4, -0.2) is 22.6 Å². The van der Waals surface area contributed by atoms with E-state index in [0.29, 0.717) is 12.0 Å². The van der Waals surface area contributed by atoms with E-state index >= 15 is 0 Å². The standard InChI is InChI=1S/C20H28N4/c1-4-16-9-11-17(12-10-16)22-20-21-15(3)14-19(23-20)24-13-7-6-8-18(24)5-2/h9-12,14,18H,4-8,13H2,1-3H3,(H,21,22,23). The Bertz CT molecular complexity index is 666. The third-order valence-electron chi connectivity index (χ3n) is 4.85. The Hall–Kier alpha value is -2.10. The minimum absolute atomic E-state index is 0.602. The molecule has 24 heavy (non-hydrogen) atoms. The lowest BCUT2D eigenvalue weighted by atomic mass is 10.00. The zero-order chi connectivity index (χ0) is 16.9. The summed E-state index contributed by atoms with van der Waals surface area (Å²) < 4.78 is 0. The van der Waals surface area contributed by atoms with Gasteiger partial charge in [0.05, 0.1) is 0 Å². The lowest BCUT2D eigenvalue weighted by Gasteiger charge is -2.36. The molecule has 0 saturated carbocycles. The molecule has 3 rings (SSSR count). The first kappa shape index (κ1) is 16.7. The molecule has 0 bridgehead atoms. The molecule has 1 aliphatic rings. The van der Waals surface area contributed by atoms with Crippen molar-refractivity contribution in [2.45, 2.75) is 58.9 Å². The molecule has 0 radical (unpaired) electrons. The van der Waals surface area contributed by atoms with E-state index in [4.69, 9.17) is 4.98 Å². The van der Waals surface area contributed by atoms with Crippen LogP contribution in [0.25, 0.3) is 0 Å². The van der Waals surface area contributed by atoms with Crippen LogP contribution < -0.4 is 10.2 Å². The number of hydrogen-bond acceptors (Lipinski definition) is 4. The highest BCUT2D eigenvalue weighted by Crippen LogP contribution is 2.26. The zero-order valence-corrected chi connectivity index (χ0v) is 15.0. The molecule has 1 N–H and O–H groups in total. The minimum atomic E-state index is 0.602. The first-order valence-corrected chi connectivity index (χ1v) is 9.18. The van der Waals surface area contributed by atoms with Gasteiger partial charge in [0.2, 0.25) is 5.95 Å². The molecule has 2 aromatic rings. The van der Waals surface area contributed by atoms with Crippen LogP contribution in [0, 0.1) is 6.92 Å². The van der Waals surface area contributed by atoms with E-state index in [1.807, 2.05) is 6.92 Å². The van der Waals surface area contributed by atoms with Crippen LogP contribution in [0.1, 0.15) is 50.8 Å². The predicted octanol–water partition coefficient (Wildman–Crippen LogP) is 4.86. The summed E-state index contributed by atoms with van der Waals surface area (Å²) in [6, 6.07) is 11.2. The fourth-order valence-corrected chi connectivity index (χ4v) is 3.43. The van der Waals surface area contributed by atoms with Crippen LogP contribution in [0.3, 0.4) is 0 Å². The molecule has 1 fully saturated rings. The molecule has 128 valence electrons. The fraction of sp³-hybridized carbons (Fsp3) is 0.500. The summed E-state index contributed by atoms with van der Waals surface area (Å²) in [6.45, 7) is 7.58. The third-order valence-corrected chi connectivity index (χ3v) is 4.85. The van der Waals surface area contributed by atoms with Crippen LogP contribution in [0.4, 0.5) is 17.5 Å². The Morgan fingerprint density at radius 2 is 1.92 bits per heavy atom. The molecule has 1 saturated heterocycles. The molecule has 1 atom stereocenters. The van der Waals surface area contributed by atoms with Crippen LogP contribution in [-0.2, 0) is 6.42 Å². The molecule has 4 heteroatoms. The van der Waals surface area contributed by atoms with Gasteiger partial charge in [0.1, 0.15) is 5.82 Å². The molecule has 0 spiro atoms. The normalized spacial score (nSPS) is 17.8. The highest BCUT2D eigenvalue weighted by Gasteiger charge is 2.22. The lowest BCUT2D eigenvalue weighted by Crippen LogP contribution is -2.39. The molecule has 0 aliphatic carbocycles. The van der Waals surface area contributed by atoms with Gasteiger partial charge in [0, 0.05) is 30.0 Å². The molecule has 4 nitrogen and oxygen atoms in total. The summed E-state index contributed by atoms with van der Waals surface area (Å²) in [7, 11) is 0. The summed E-state index contributed by atoms with van der Waals surface area (Å²) >= 11 is 0. The van der Waals surface area contributed by atoms with E-state index in [1.54, 1.807) is 0 Å². The van der Waals surface area contributed by atoms with E-state index in [9.17, 15) is 0 Å². The van der Waals surface area contributed by atoms with Gasteiger partial charge >= 0.3 is 0 Å². The van der Waals surface area contributed by atoms with Crippen LogP contribution in [0.15, 0.2) is 30.3 Å². The number of nitrogens with zero attached hydrogens (tertiary/aromatic N) is 3. The Labute approximate surface area is 145 Å². The number of nitrogens with one attached hydrogen (secondary N) is 1. The van der Waals surface area contributed by atoms with Crippen molar-refractivity contribution in [3.8, 4) is 0 Å². The number of aryl methyl sites for hydroxylation is 2. The van der Waals surface area contributed by atoms with E-state index in [2.05, 4.69) is 59.4 Å². The third kappa shape index (κ3) is 3.86. The first-order valence-electron chi connectivity index (χ1n) is 9.18.